The minimum absolute atomic E-state index is 0.449. The first kappa shape index (κ1) is 8.54. The van der Waals surface area contributed by atoms with E-state index in [1.54, 1.807) is 0 Å². The molecule has 0 aromatic rings. The Kier molecular flexibility index (Phi) is 1.79. The Morgan fingerprint density at radius 1 is 1.77 bits per heavy atom. The molecule has 0 aromatic carbocycles. The van der Waals surface area contributed by atoms with Gasteiger partial charge in [-0.2, -0.15) is 0 Å². The zero-order valence-corrected chi connectivity index (χ0v) is 7.76. The van der Waals surface area contributed by atoms with Gasteiger partial charge >= 0.3 is 0 Å². The van der Waals surface area contributed by atoms with Gasteiger partial charge in [-0.15, -0.1) is 0 Å². The topological polar surface area (TPSA) is 84.0 Å². The smallest absolute Gasteiger partial charge is 0.252 e. The van der Waals surface area contributed by atoms with Crippen molar-refractivity contribution in [2.75, 3.05) is 7.11 Å². The summed E-state index contributed by atoms with van der Waals surface area (Å²) in [6, 6.07) is 0. The summed E-state index contributed by atoms with van der Waals surface area (Å²) in [7, 11) is 1.53. The van der Waals surface area contributed by atoms with E-state index in [2.05, 4.69) is 20.6 Å². The molecule has 0 radical (unpaired) electrons. The van der Waals surface area contributed by atoms with Gasteiger partial charge in [0.15, 0.2) is 12.1 Å². The number of aliphatic imine (C=N–C) groups is 2. The van der Waals surface area contributed by atoms with Gasteiger partial charge in [0.1, 0.15) is 4.99 Å². The largest absolute Gasteiger partial charge is 0.346 e. The molecule has 70 valence electrons. The van der Waals surface area contributed by atoms with Crippen molar-refractivity contribution in [3.8, 4) is 0 Å². The van der Waals surface area contributed by atoms with Crippen LogP contribution >= 0.6 is 12.2 Å². The van der Waals surface area contributed by atoms with Crippen molar-refractivity contribution in [2.24, 2.45) is 15.7 Å². The molecular weight excluding hydrogens is 190 g/mol. The Labute approximate surface area is 80.3 Å². The number of hydrogen-bond donors (Lipinski definition) is 3. The first-order valence-electron chi connectivity index (χ1n) is 3.69. The highest BCUT2D eigenvalue weighted by molar-refractivity contribution is 7.80. The molecule has 0 aromatic heterocycles. The lowest BCUT2D eigenvalue weighted by Gasteiger charge is -2.33. The van der Waals surface area contributed by atoms with Gasteiger partial charge in [-0.05, 0) is 0 Å². The van der Waals surface area contributed by atoms with Crippen molar-refractivity contribution in [3.63, 3.8) is 0 Å². The van der Waals surface area contributed by atoms with Crippen LogP contribution in [0.2, 0.25) is 0 Å². The Morgan fingerprint density at radius 2 is 2.54 bits per heavy atom. The van der Waals surface area contributed by atoms with Crippen molar-refractivity contribution in [1.82, 2.24) is 10.6 Å². The quantitative estimate of drug-likeness (QED) is 0.449. The van der Waals surface area contributed by atoms with E-state index < -0.39 is 12.0 Å². The van der Waals surface area contributed by atoms with Gasteiger partial charge in [-0.25, -0.2) is 9.98 Å². The summed E-state index contributed by atoms with van der Waals surface area (Å²) in [5.41, 5.74) is 4.64. The second-order valence-corrected chi connectivity index (χ2v) is 3.07. The maximum Gasteiger partial charge on any atom is 0.252 e. The van der Waals surface area contributed by atoms with E-state index >= 15 is 0 Å². The number of amidine groups is 1. The van der Waals surface area contributed by atoms with Crippen LogP contribution < -0.4 is 16.4 Å². The minimum atomic E-state index is -0.912. The van der Waals surface area contributed by atoms with Gasteiger partial charge in [-0.3, -0.25) is 5.73 Å². The summed E-state index contributed by atoms with van der Waals surface area (Å²) < 4.78 is 5.24. The number of thiocarbonyl (C=S) groups is 1. The predicted molar refractivity (Wildman–Crippen MR) is 52.5 cm³/mol. The van der Waals surface area contributed by atoms with E-state index in [1.165, 1.54) is 13.4 Å². The summed E-state index contributed by atoms with van der Waals surface area (Å²) in [6.45, 7) is 0. The number of hydrogen-bond acceptors (Lipinski definition) is 6. The van der Waals surface area contributed by atoms with Crippen LogP contribution in [0.1, 0.15) is 0 Å². The average Bonchev–Trinajstić information content (AvgIpc) is 2.48. The Hall–Kier alpha value is -1.05. The van der Waals surface area contributed by atoms with Crippen molar-refractivity contribution in [1.29, 1.82) is 0 Å². The first-order valence-corrected chi connectivity index (χ1v) is 4.10. The number of nitrogens with zero attached hydrogens (tertiary/aromatic N) is 2. The number of fused-ring (bicyclic) bond motifs is 1. The van der Waals surface area contributed by atoms with Crippen LogP contribution in [0.3, 0.4) is 0 Å². The van der Waals surface area contributed by atoms with E-state index in [4.69, 9.17) is 22.7 Å². The van der Waals surface area contributed by atoms with Gasteiger partial charge in [0, 0.05) is 7.11 Å². The zero-order chi connectivity index (χ0) is 9.47. The molecule has 0 spiro atoms. The van der Waals surface area contributed by atoms with Crippen molar-refractivity contribution in [3.05, 3.63) is 0 Å². The molecule has 4 N–H and O–H groups in total. The summed E-state index contributed by atoms with van der Waals surface area (Å²) in [4.78, 5) is 8.48. The number of methoxy groups -OCH3 is 1. The number of ether oxygens (including phenoxy) is 1. The van der Waals surface area contributed by atoms with E-state index in [-0.39, 0.29) is 0 Å². The van der Waals surface area contributed by atoms with Crippen LogP contribution in [0.25, 0.3) is 0 Å². The molecule has 0 fully saturated rings. The lowest BCUT2D eigenvalue weighted by molar-refractivity contribution is 0.0947. The summed E-state index contributed by atoms with van der Waals surface area (Å²) in [5, 5.41) is 5.68. The van der Waals surface area contributed by atoms with E-state index in [1.807, 2.05) is 0 Å². The van der Waals surface area contributed by atoms with Crippen LogP contribution in [0.5, 0.6) is 0 Å². The molecule has 2 heterocycles. The van der Waals surface area contributed by atoms with Gasteiger partial charge in [0.05, 0.1) is 6.34 Å². The summed E-state index contributed by atoms with van der Waals surface area (Å²) >= 11 is 5.09. The van der Waals surface area contributed by atoms with Crippen LogP contribution in [0, 0.1) is 0 Å². The summed E-state index contributed by atoms with van der Waals surface area (Å²) in [6.07, 6.45) is 0.955. The number of nitrogens with two attached hydrogens (primary N) is 1. The maximum atomic E-state index is 5.55. The highest BCUT2D eigenvalue weighted by atomic mass is 32.1. The fourth-order valence-electron chi connectivity index (χ4n) is 1.27. The Balaban J connectivity index is 2.44. The van der Waals surface area contributed by atoms with Gasteiger partial charge < -0.3 is 15.4 Å². The van der Waals surface area contributed by atoms with E-state index in [0.29, 0.717) is 10.8 Å². The molecule has 7 heteroatoms. The van der Waals surface area contributed by atoms with Crippen LogP contribution in [0.15, 0.2) is 9.98 Å². The minimum Gasteiger partial charge on any atom is -0.346 e. The Morgan fingerprint density at radius 3 is 3.23 bits per heavy atom. The van der Waals surface area contributed by atoms with Gasteiger partial charge in [0.2, 0.25) is 0 Å². The molecule has 6 nitrogen and oxygen atoms in total. The van der Waals surface area contributed by atoms with Crippen LogP contribution in [-0.2, 0) is 4.74 Å². The lowest BCUT2D eigenvalue weighted by atomic mass is 10.2. The fraction of sp³-hybridized carbons (Fsp3) is 0.500. The maximum absolute atomic E-state index is 5.55. The molecule has 2 rings (SSSR count). The van der Waals surface area contributed by atoms with Crippen molar-refractivity contribution < 1.29 is 4.74 Å². The SMILES string of the molecule is COC12NC=NC1=NC(N)NC2=S. The second kappa shape index (κ2) is 2.72. The highest BCUT2D eigenvalue weighted by Crippen LogP contribution is 2.18. The van der Waals surface area contributed by atoms with E-state index in [9.17, 15) is 0 Å². The van der Waals surface area contributed by atoms with E-state index in [0.717, 1.165) is 0 Å². The zero-order valence-electron chi connectivity index (χ0n) is 6.94. The molecule has 2 aliphatic heterocycles. The third kappa shape index (κ3) is 1.05. The molecule has 0 amide bonds. The number of rotatable bonds is 1. The Bertz CT molecular complexity index is 314. The average molecular weight is 199 g/mol. The molecule has 0 saturated heterocycles. The molecule has 2 unspecified atom stereocenters. The molecular formula is C6H9N5OS. The monoisotopic (exact) mass is 199 g/mol. The lowest BCUT2D eigenvalue weighted by Crippen LogP contribution is -2.65. The second-order valence-electron chi connectivity index (χ2n) is 2.66. The van der Waals surface area contributed by atoms with Crippen LogP contribution in [0.4, 0.5) is 0 Å². The normalized spacial score (nSPS) is 36.3. The molecule has 2 aliphatic rings. The standard InChI is InChI=1S/C6H9N5OS/c1-12-6-3(8-2-9-6)10-5(7)11-4(6)13/h2,5H,7H2,1H3,(H,11,13)(H,8,9,10). The predicted octanol–water partition coefficient (Wildman–Crippen LogP) is -1.47. The van der Waals surface area contributed by atoms with Crippen molar-refractivity contribution >= 4 is 29.4 Å². The molecule has 13 heavy (non-hydrogen) atoms. The highest BCUT2D eigenvalue weighted by Gasteiger charge is 2.46. The summed E-state index contributed by atoms with van der Waals surface area (Å²) in [5.74, 6) is 0.464. The molecule has 2 atom stereocenters. The number of nitrogens with one attached hydrogen (secondary N) is 2. The fourth-order valence-corrected chi connectivity index (χ4v) is 1.63. The molecule has 0 saturated carbocycles. The first-order chi connectivity index (χ1) is 6.19. The van der Waals surface area contributed by atoms with Gasteiger partial charge in [-0.1, -0.05) is 12.2 Å². The van der Waals surface area contributed by atoms with Crippen molar-refractivity contribution in [2.45, 2.75) is 12.0 Å². The van der Waals surface area contributed by atoms with Gasteiger partial charge in [0.25, 0.3) is 5.72 Å². The third-order valence-corrected chi connectivity index (χ3v) is 2.34. The van der Waals surface area contributed by atoms with Crippen LogP contribution in [-0.4, -0.2) is 36.3 Å². The molecule has 0 bridgehead atoms. The third-order valence-electron chi connectivity index (χ3n) is 1.94. The molecule has 0 aliphatic carbocycles.